The highest BCUT2D eigenvalue weighted by molar-refractivity contribution is 5.94. The Morgan fingerprint density at radius 3 is 2.63 bits per heavy atom. The number of hydrogen-bond donors (Lipinski definition) is 2. The van der Waals surface area contributed by atoms with E-state index in [0.717, 1.165) is 5.69 Å². The molecule has 0 fully saturated rings. The van der Waals surface area contributed by atoms with Gasteiger partial charge in [-0.3, -0.25) is 4.79 Å². The Kier molecular flexibility index (Phi) is 7.81. The molecule has 1 rings (SSSR count). The predicted octanol–water partition coefficient (Wildman–Crippen LogP) is 1.27. The summed E-state index contributed by atoms with van der Waals surface area (Å²) in [7, 11) is 1.64. The van der Waals surface area contributed by atoms with Crippen LogP contribution in [0.3, 0.4) is 0 Å². The van der Waals surface area contributed by atoms with E-state index in [-0.39, 0.29) is 11.9 Å². The Hall–Kier alpha value is -1.43. The third-order valence-corrected chi connectivity index (χ3v) is 2.56. The van der Waals surface area contributed by atoms with Crippen LogP contribution < -0.4 is 10.6 Å². The Balaban J connectivity index is 2.15. The SMILES string of the molecule is COCCOCCNC(C)C(=O)Nc1ccccc1. The summed E-state index contributed by atoms with van der Waals surface area (Å²) in [5, 5.41) is 5.94. The average Bonchev–Trinajstić information content (AvgIpc) is 2.43. The first-order chi connectivity index (χ1) is 9.24. The minimum absolute atomic E-state index is 0.0527. The van der Waals surface area contributed by atoms with Crippen molar-refractivity contribution in [3.63, 3.8) is 0 Å². The lowest BCUT2D eigenvalue weighted by Gasteiger charge is -2.14. The first kappa shape index (κ1) is 15.6. The molecule has 0 bridgehead atoms. The minimum atomic E-state index is -0.258. The van der Waals surface area contributed by atoms with Gasteiger partial charge in [0.05, 0.1) is 25.9 Å². The van der Waals surface area contributed by atoms with E-state index in [2.05, 4.69) is 10.6 Å². The number of methoxy groups -OCH3 is 1. The highest BCUT2D eigenvalue weighted by Crippen LogP contribution is 2.05. The molecule has 0 saturated carbocycles. The van der Waals surface area contributed by atoms with Crippen molar-refractivity contribution >= 4 is 11.6 Å². The second kappa shape index (κ2) is 9.49. The molecule has 0 saturated heterocycles. The zero-order valence-corrected chi connectivity index (χ0v) is 11.5. The highest BCUT2D eigenvalue weighted by Gasteiger charge is 2.11. The summed E-state index contributed by atoms with van der Waals surface area (Å²) < 4.78 is 10.2. The zero-order valence-electron chi connectivity index (χ0n) is 11.5. The van der Waals surface area contributed by atoms with Gasteiger partial charge in [-0.25, -0.2) is 0 Å². The van der Waals surface area contributed by atoms with Gasteiger partial charge in [0.15, 0.2) is 0 Å². The first-order valence-corrected chi connectivity index (χ1v) is 6.40. The van der Waals surface area contributed by atoms with E-state index in [1.807, 2.05) is 37.3 Å². The lowest BCUT2D eigenvalue weighted by molar-refractivity contribution is -0.117. The molecule has 106 valence electrons. The molecular weight excluding hydrogens is 244 g/mol. The summed E-state index contributed by atoms with van der Waals surface area (Å²) in [5.74, 6) is -0.0527. The predicted molar refractivity (Wildman–Crippen MR) is 75.2 cm³/mol. The maximum absolute atomic E-state index is 11.8. The molecule has 0 spiro atoms. The highest BCUT2D eigenvalue weighted by atomic mass is 16.5. The monoisotopic (exact) mass is 266 g/mol. The molecule has 2 N–H and O–H groups in total. The maximum Gasteiger partial charge on any atom is 0.241 e. The van der Waals surface area contributed by atoms with Crippen LogP contribution >= 0.6 is 0 Å². The van der Waals surface area contributed by atoms with Crippen LogP contribution in [-0.4, -0.2) is 45.4 Å². The normalized spacial score (nSPS) is 12.1. The van der Waals surface area contributed by atoms with Crippen molar-refractivity contribution in [3.8, 4) is 0 Å². The first-order valence-electron chi connectivity index (χ1n) is 6.40. The number of para-hydroxylation sites is 1. The van der Waals surface area contributed by atoms with Crippen molar-refractivity contribution in [2.24, 2.45) is 0 Å². The van der Waals surface area contributed by atoms with Gasteiger partial charge in [0.1, 0.15) is 0 Å². The topological polar surface area (TPSA) is 59.6 Å². The van der Waals surface area contributed by atoms with Crippen molar-refractivity contribution in [2.45, 2.75) is 13.0 Å². The standard InChI is InChI=1S/C14H22N2O3/c1-12(15-8-9-19-11-10-18-2)14(17)16-13-6-4-3-5-7-13/h3-7,12,15H,8-11H2,1-2H3,(H,16,17). The quantitative estimate of drug-likeness (QED) is 0.661. The Bertz CT molecular complexity index is 357. The van der Waals surface area contributed by atoms with Crippen LogP contribution in [0.1, 0.15) is 6.92 Å². The Labute approximate surface area is 114 Å². The molecule has 5 nitrogen and oxygen atoms in total. The summed E-state index contributed by atoms with van der Waals surface area (Å²) in [6.45, 7) is 4.18. The lowest BCUT2D eigenvalue weighted by atomic mass is 10.2. The van der Waals surface area contributed by atoms with Gasteiger partial charge in [0.25, 0.3) is 0 Å². The number of carbonyl (C=O) groups excluding carboxylic acids is 1. The van der Waals surface area contributed by atoms with Crippen LogP contribution in [0.4, 0.5) is 5.69 Å². The molecule has 1 atom stereocenters. The van der Waals surface area contributed by atoms with E-state index in [9.17, 15) is 4.79 Å². The summed E-state index contributed by atoms with van der Waals surface area (Å²) in [6, 6.07) is 9.15. The number of anilines is 1. The van der Waals surface area contributed by atoms with Crippen LogP contribution in [-0.2, 0) is 14.3 Å². The van der Waals surface area contributed by atoms with E-state index < -0.39 is 0 Å². The van der Waals surface area contributed by atoms with Gasteiger partial charge in [0, 0.05) is 19.3 Å². The Morgan fingerprint density at radius 1 is 1.21 bits per heavy atom. The molecule has 0 aromatic heterocycles. The van der Waals surface area contributed by atoms with Crippen LogP contribution in [0.5, 0.6) is 0 Å². The maximum atomic E-state index is 11.8. The fourth-order valence-corrected chi connectivity index (χ4v) is 1.46. The lowest BCUT2D eigenvalue weighted by Crippen LogP contribution is -2.39. The van der Waals surface area contributed by atoms with Gasteiger partial charge in [-0.2, -0.15) is 0 Å². The van der Waals surface area contributed by atoms with E-state index in [4.69, 9.17) is 9.47 Å². The van der Waals surface area contributed by atoms with Crippen LogP contribution in [0.25, 0.3) is 0 Å². The fraction of sp³-hybridized carbons (Fsp3) is 0.500. The molecule has 0 aliphatic rings. The van der Waals surface area contributed by atoms with Crippen molar-refractivity contribution in [3.05, 3.63) is 30.3 Å². The number of rotatable bonds is 9. The second-order valence-electron chi connectivity index (χ2n) is 4.14. The van der Waals surface area contributed by atoms with Gasteiger partial charge < -0.3 is 20.1 Å². The summed E-state index contributed by atoms with van der Waals surface area (Å²) in [6.07, 6.45) is 0. The average molecular weight is 266 g/mol. The third kappa shape index (κ3) is 6.91. The summed E-state index contributed by atoms with van der Waals surface area (Å²) in [5.41, 5.74) is 0.803. The number of amides is 1. The molecule has 1 aromatic rings. The molecule has 0 aliphatic heterocycles. The minimum Gasteiger partial charge on any atom is -0.382 e. The number of ether oxygens (including phenoxy) is 2. The second-order valence-corrected chi connectivity index (χ2v) is 4.14. The van der Waals surface area contributed by atoms with E-state index in [1.165, 1.54) is 0 Å². The molecule has 1 amide bonds. The largest absolute Gasteiger partial charge is 0.382 e. The van der Waals surface area contributed by atoms with Crippen molar-refractivity contribution in [1.29, 1.82) is 0 Å². The van der Waals surface area contributed by atoms with E-state index in [1.54, 1.807) is 7.11 Å². The van der Waals surface area contributed by atoms with Crippen molar-refractivity contribution in [1.82, 2.24) is 5.32 Å². The number of carbonyl (C=O) groups is 1. The molecule has 0 aliphatic carbocycles. The van der Waals surface area contributed by atoms with Gasteiger partial charge in [0.2, 0.25) is 5.91 Å². The molecule has 1 unspecified atom stereocenters. The molecule has 1 aromatic carbocycles. The Morgan fingerprint density at radius 2 is 1.95 bits per heavy atom. The molecular formula is C14H22N2O3. The summed E-state index contributed by atoms with van der Waals surface area (Å²) >= 11 is 0. The van der Waals surface area contributed by atoms with Gasteiger partial charge in [-0.05, 0) is 19.1 Å². The number of nitrogens with one attached hydrogen (secondary N) is 2. The smallest absolute Gasteiger partial charge is 0.241 e. The molecule has 5 heteroatoms. The molecule has 0 heterocycles. The van der Waals surface area contributed by atoms with E-state index >= 15 is 0 Å². The van der Waals surface area contributed by atoms with Gasteiger partial charge in [-0.15, -0.1) is 0 Å². The zero-order chi connectivity index (χ0) is 13.9. The third-order valence-electron chi connectivity index (χ3n) is 2.56. The van der Waals surface area contributed by atoms with E-state index in [0.29, 0.717) is 26.4 Å². The number of benzene rings is 1. The summed E-state index contributed by atoms with van der Waals surface area (Å²) in [4.78, 5) is 11.8. The fourth-order valence-electron chi connectivity index (χ4n) is 1.46. The van der Waals surface area contributed by atoms with Gasteiger partial charge in [-0.1, -0.05) is 18.2 Å². The molecule has 19 heavy (non-hydrogen) atoms. The van der Waals surface area contributed by atoms with Crippen molar-refractivity contribution in [2.75, 3.05) is 38.8 Å². The number of hydrogen-bond acceptors (Lipinski definition) is 4. The van der Waals surface area contributed by atoms with Crippen LogP contribution in [0.15, 0.2) is 30.3 Å². The molecule has 0 radical (unpaired) electrons. The van der Waals surface area contributed by atoms with Crippen molar-refractivity contribution < 1.29 is 14.3 Å². The van der Waals surface area contributed by atoms with Crippen LogP contribution in [0.2, 0.25) is 0 Å². The van der Waals surface area contributed by atoms with Crippen LogP contribution in [0, 0.1) is 0 Å². The van der Waals surface area contributed by atoms with Gasteiger partial charge >= 0.3 is 0 Å².